The minimum Gasteiger partial charge on any atom is -0.329 e. The van der Waals surface area contributed by atoms with E-state index in [1.54, 1.807) is 0 Å². The number of aryl methyl sites for hydroxylation is 1. The van der Waals surface area contributed by atoms with Crippen molar-refractivity contribution in [2.45, 2.75) is 20.0 Å². The highest BCUT2D eigenvalue weighted by Crippen LogP contribution is 2.13. The average molecular weight is 240 g/mol. The van der Waals surface area contributed by atoms with E-state index >= 15 is 0 Å². The molecular formula is C14H16N4. The lowest BCUT2D eigenvalue weighted by Gasteiger charge is -2.10. The highest BCUT2D eigenvalue weighted by molar-refractivity contribution is 5.37. The predicted octanol–water partition coefficient (Wildman–Crippen LogP) is 1.83. The van der Waals surface area contributed by atoms with E-state index in [4.69, 9.17) is 5.26 Å². The topological polar surface area (TPSA) is 53.6 Å². The molecule has 0 spiro atoms. The summed E-state index contributed by atoms with van der Waals surface area (Å²) in [6.07, 6.45) is 3.79. The van der Waals surface area contributed by atoms with Crippen LogP contribution in [0.5, 0.6) is 0 Å². The first-order chi connectivity index (χ1) is 8.74. The Hall–Kier alpha value is -2.12. The van der Waals surface area contributed by atoms with Crippen LogP contribution in [0.25, 0.3) is 0 Å². The Morgan fingerprint density at radius 1 is 1.44 bits per heavy atom. The summed E-state index contributed by atoms with van der Waals surface area (Å²) in [6, 6.07) is 7.95. The van der Waals surface area contributed by atoms with Crippen LogP contribution in [0.15, 0.2) is 30.6 Å². The fourth-order valence-corrected chi connectivity index (χ4v) is 1.94. The first kappa shape index (κ1) is 12.3. The molecule has 1 aromatic carbocycles. The molecule has 1 N–H and O–H groups in total. The quantitative estimate of drug-likeness (QED) is 0.887. The minimum atomic E-state index is 0.706. The number of nitriles is 1. The first-order valence-corrected chi connectivity index (χ1v) is 5.89. The van der Waals surface area contributed by atoms with E-state index in [9.17, 15) is 0 Å². The SMILES string of the molecule is CNCc1nccn1Cc1ccc(C#N)cc1C. The third-order valence-corrected chi connectivity index (χ3v) is 2.95. The average Bonchev–Trinajstić information content (AvgIpc) is 2.80. The molecule has 0 saturated heterocycles. The van der Waals surface area contributed by atoms with Gasteiger partial charge in [-0.05, 0) is 37.2 Å². The Kier molecular flexibility index (Phi) is 3.75. The lowest BCUT2D eigenvalue weighted by molar-refractivity contribution is 0.671. The number of hydrogen-bond donors (Lipinski definition) is 1. The molecule has 0 bridgehead atoms. The summed E-state index contributed by atoms with van der Waals surface area (Å²) < 4.78 is 2.12. The monoisotopic (exact) mass is 240 g/mol. The Morgan fingerprint density at radius 3 is 2.94 bits per heavy atom. The number of imidazole rings is 1. The van der Waals surface area contributed by atoms with Crippen LogP contribution in [0.2, 0.25) is 0 Å². The second-order valence-electron chi connectivity index (χ2n) is 4.25. The van der Waals surface area contributed by atoms with E-state index in [0.29, 0.717) is 5.56 Å². The molecule has 0 saturated carbocycles. The maximum Gasteiger partial charge on any atom is 0.122 e. The number of benzene rings is 1. The summed E-state index contributed by atoms with van der Waals surface area (Å²) >= 11 is 0. The van der Waals surface area contributed by atoms with Crippen molar-refractivity contribution >= 4 is 0 Å². The van der Waals surface area contributed by atoms with Gasteiger partial charge in [0.1, 0.15) is 5.82 Å². The van der Waals surface area contributed by atoms with E-state index < -0.39 is 0 Å². The summed E-state index contributed by atoms with van der Waals surface area (Å²) in [5.41, 5.74) is 3.06. The van der Waals surface area contributed by atoms with Gasteiger partial charge < -0.3 is 9.88 Å². The zero-order valence-corrected chi connectivity index (χ0v) is 10.6. The number of nitrogens with zero attached hydrogens (tertiary/aromatic N) is 3. The maximum absolute atomic E-state index is 8.85. The van der Waals surface area contributed by atoms with Crippen molar-refractivity contribution < 1.29 is 0 Å². The van der Waals surface area contributed by atoms with Gasteiger partial charge in [0.25, 0.3) is 0 Å². The fraction of sp³-hybridized carbons (Fsp3) is 0.286. The Balaban J connectivity index is 2.23. The molecule has 4 heteroatoms. The largest absolute Gasteiger partial charge is 0.329 e. The van der Waals surface area contributed by atoms with Gasteiger partial charge in [-0.2, -0.15) is 5.26 Å². The molecule has 4 nitrogen and oxygen atoms in total. The number of hydrogen-bond acceptors (Lipinski definition) is 3. The van der Waals surface area contributed by atoms with E-state index in [-0.39, 0.29) is 0 Å². The van der Waals surface area contributed by atoms with Gasteiger partial charge in [0.15, 0.2) is 0 Å². The van der Waals surface area contributed by atoms with Gasteiger partial charge in [0.2, 0.25) is 0 Å². The molecule has 0 amide bonds. The van der Waals surface area contributed by atoms with Crippen molar-refractivity contribution in [3.05, 3.63) is 53.1 Å². The smallest absolute Gasteiger partial charge is 0.122 e. The van der Waals surface area contributed by atoms with Crippen LogP contribution in [0, 0.1) is 18.3 Å². The van der Waals surface area contributed by atoms with Gasteiger partial charge in [-0.3, -0.25) is 0 Å². The van der Waals surface area contributed by atoms with Gasteiger partial charge in [-0.1, -0.05) is 6.07 Å². The van der Waals surface area contributed by atoms with Gasteiger partial charge in [-0.25, -0.2) is 4.98 Å². The zero-order chi connectivity index (χ0) is 13.0. The van der Waals surface area contributed by atoms with Crippen molar-refractivity contribution in [2.75, 3.05) is 7.05 Å². The summed E-state index contributed by atoms with van der Waals surface area (Å²) in [4.78, 5) is 4.31. The predicted molar refractivity (Wildman–Crippen MR) is 70.0 cm³/mol. The van der Waals surface area contributed by atoms with Gasteiger partial charge >= 0.3 is 0 Å². The number of aromatic nitrogens is 2. The third kappa shape index (κ3) is 2.58. The lowest BCUT2D eigenvalue weighted by atomic mass is 10.1. The van der Waals surface area contributed by atoms with Gasteiger partial charge in [-0.15, -0.1) is 0 Å². The highest BCUT2D eigenvalue weighted by atomic mass is 15.1. The van der Waals surface area contributed by atoms with Gasteiger partial charge in [0.05, 0.1) is 18.2 Å². The van der Waals surface area contributed by atoms with Crippen LogP contribution in [0.3, 0.4) is 0 Å². The summed E-state index contributed by atoms with van der Waals surface area (Å²) in [6.45, 7) is 3.57. The van der Waals surface area contributed by atoms with Crippen LogP contribution in [-0.4, -0.2) is 16.6 Å². The van der Waals surface area contributed by atoms with Crippen molar-refractivity contribution in [1.82, 2.24) is 14.9 Å². The summed E-state index contributed by atoms with van der Waals surface area (Å²) in [5, 5.41) is 12.0. The standard InChI is InChI=1S/C14H16N4/c1-11-7-12(8-15)3-4-13(11)10-18-6-5-17-14(18)9-16-2/h3-7,16H,9-10H2,1-2H3. The lowest BCUT2D eigenvalue weighted by Crippen LogP contribution is -2.13. The van der Waals surface area contributed by atoms with Crippen LogP contribution in [0.4, 0.5) is 0 Å². The Morgan fingerprint density at radius 2 is 2.28 bits per heavy atom. The Labute approximate surface area is 107 Å². The van der Waals surface area contributed by atoms with Crippen molar-refractivity contribution in [1.29, 1.82) is 5.26 Å². The highest BCUT2D eigenvalue weighted by Gasteiger charge is 2.05. The molecule has 0 aliphatic carbocycles. The molecule has 0 aliphatic rings. The molecule has 0 fully saturated rings. The van der Waals surface area contributed by atoms with E-state index in [0.717, 1.165) is 24.5 Å². The maximum atomic E-state index is 8.85. The Bertz CT molecular complexity index is 578. The van der Waals surface area contributed by atoms with Crippen LogP contribution in [0.1, 0.15) is 22.5 Å². The van der Waals surface area contributed by atoms with E-state index in [1.807, 2.05) is 44.6 Å². The molecule has 1 heterocycles. The first-order valence-electron chi connectivity index (χ1n) is 5.89. The number of rotatable bonds is 4. The van der Waals surface area contributed by atoms with Crippen molar-refractivity contribution in [3.63, 3.8) is 0 Å². The molecule has 2 rings (SSSR count). The van der Waals surface area contributed by atoms with Crippen LogP contribution < -0.4 is 5.32 Å². The zero-order valence-electron chi connectivity index (χ0n) is 10.6. The molecule has 18 heavy (non-hydrogen) atoms. The van der Waals surface area contributed by atoms with Crippen LogP contribution in [-0.2, 0) is 13.1 Å². The normalized spacial score (nSPS) is 10.3. The van der Waals surface area contributed by atoms with Crippen molar-refractivity contribution in [3.8, 4) is 6.07 Å². The molecular weight excluding hydrogens is 224 g/mol. The molecule has 92 valence electrons. The van der Waals surface area contributed by atoms with E-state index in [2.05, 4.69) is 20.9 Å². The molecule has 0 unspecified atom stereocenters. The third-order valence-electron chi connectivity index (χ3n) is 2.95. The summed E-state index contributed by atoms with van der Waals surface area (Å²) in [7, 11) is 1.91. The molecule has 2 aromatic rings. The van der Waals surface area contributed by atoms with E-state index in [1.165, 1.54) is 5.56 Å². The van der Waals surface area contributed by atoms with Gasteiger partial charge in [0, 0.05) is 18.9 Å². The minimum absolute atomic E-state index is 0.706. The molecule has 0 atom stereocenters. The molecule has 1 aromatic heterocycles. The fourth-order valence-electron chi connectivity index (χ4n) is 1.94. The number of nitrogens with one attached hydrogen (secondary N) is 1. The van der Waals surface area contributed by atoms with Crippen molar-refractivity contribution in [2.24, 2.45) is 0 Å². The molecule has 0 radical (unpaired) electrons. The van der Waals surface area contributed by atoms with Crippen LogP contribution >= 0.6 is 0 Å². The second-order valence-corrected chi connectivity index (χ2v) is 4.25. The summed E-state index contributed by atoms with van der Waals surface area (Å²) in [5.74, 6) is 1.02. The molecule has 0 aliphatic heterocycles. The second kappa shape index (κ2) is 5.48.